The number of anilines is 2. The highest BCUT2D eigenvalue weighted by atomic mass is 35.5. The first-order chi connectivity index (χ1) is 20.8. The summed E-state index contributed by atoms with van der Waals surface area (Å²) in [6.45, 7) is 2.92. The van der Waals surface area contributed by atoms with Crippen molar-refractivity contribution in [1.29, 1.82) is 0 Å². The van der Waals surface area contributed by atoms with Gasteiger partial charge in [0.2, 0.25) is 5.95 Å². The number of rotatable bonds is 5. The highest BCUT2D eigenvalue weighted by Crippen LogP contribution is 2.41. The monoisotopic (exact) mass is 598 g/mol. The summed E-state index contributed by atoms with van der Waals surface area (Å²) in [4.78, 5) is 41.4. The van der Waals surface area contributed by atoms with Crippen molar-refractivity contribution in [2.45, 2.75) is 25.8 Å². The molecule has 0 spiro atoms. The van der Waals surface area contributed by atoms with Crippen LogP contribution in [-0.4, -0.2) is 67.7 Å². The van der Waals surface area contributed by atoms with Crippen molar-refractivity contribution in [3.63, 3.8) is 0 Å². The van der Waals surface area contributed by atoms with Crippen LogP contribution in [-0.2, 0) is 6.42 Å². The molecular weight excluding hydrogens is 571 g/mol. The van der Waals surface area contributed by atoms with Gasteiger partial charge in [0, 0.05) is 60.0 Å². The van der Waals surface area contributed by atoms with Gasteiger partial charge in [-0.25, -0.2) is 24.1 Å². The Kier molecular flexibility index (Phi) is 7.77. The minimum absolute atomic E-state index is 0.141. The van der Waals surface area contributed by atoms with E-state index in [4.69, 9.17) is 16.6 Å². The number of carbonyl (C=O) groups excluding carboxylic acids is 1. The molecule has 43 heavy (non-hydrogen) atoms. The Bertz CT molecular complexity index is 1730. The second-order valence-electron chi connectivity index (χ2n) is 10.4. The molecule has 1 atom stereocenters. The Labute approximate surface area is 252 Å². The third kappa shape index (κ3) is 5.65. The molecule has 3 heterocycles. The fourth-order valence-electron chi connectivity index (χ4n) is 5.60. The highest BCUT2D eigenvalue weighted by molar-refractivity contribution is 6.69. The minimum Gasteiger partial charge on any atom is -0.465 e. The van der Waals surface area contributed by atoms with Crippen LogP contribution in [0, 0.1) is 5.82 Å². The molecule has 0 saturated carbocycles. The Hall–Kier alpha value is -4.83. The van der Waals surface area contributed by atoms with Gasteiger partial charge in [0.15, 0.2) is 0 Å². The summed E-state index contributed by atoms with van der Waals surface area (Å²) < 4.78 is 14.8. The summed E-state index contributed by atoms with van der Waals surface area (Å²) in [7, 11) is 0. The summed E-state index contributed by atoms with van der Waals surface area (Å²) in [5, 5.41) is 12.9. The van der Waals surface area contributed by atoms with Gasteiger partial charge in [-0.1, -0.05) is 42.8 Å². The number of piperazine rings is 1. The maximum absolute atomic E-state index is 14.8. The van der Waals surface area contributed by atoms with E-state index in [1.165, 1.54) is 11.0 Å². The molecule has 3 aromatic rings. The number of carboxylic acid groups (broad SMARTS) is 1. The van der Waals surface area contributed by atoms with Crippen LogP contribution in [0.3, 0.4) is 0 Å². The summed E-state index contributed by atoms with van der Waals surface area (Å²) in [5.74, 6) is -0.144. The standard InChI is InChI=1S/C32H28ClFN6O3/c1-2-22-18-39(13-14-40(22)32(42)43)30(41)19-7-10-21(11-8-19)37-31-36-16-20-9-12-23-25(24-5-3-4-6-27(24)34)15-28(33)35-17-26(23)29(20)38-31/h3-8,10-12,15-17,22H,2,9,13-14,18H2,1H3,(H,42,43)(H,36,37,38). The van der Waals surface area contributed by atoms with E-state index in [1.54, 1.807) is 65.8 Å². The Morgan fingerprint density at radius 2 is 1.88 bits per heavy atom. The number of amides is 2. The minimum atomic E-state index is -0.958. The van der Waals surface area contributed by atoms with E-state index < -0.39 is 6.09 Å². The number of hydrogen-bond donors (Lipinski definition) is 2. The smallest absolute Gasteiger partial charge is 0.407 e. The van der Waals surface area contributed by atoms with Crippen molar-refractivity contribution in [1.82, 2.24) is 19.8 Å². The van der Waals surface area contributed by atoms with Crippen LogP contribution >= 0.6 is 11.6 Å². The van der Waals surface area contributed by atoms with E-state index in [-0.39, 0.29) is 29.5 Å². The lowest BCUT2D eigenvalue weighted by molar-refractivity contribution is 0.0469. The molecule has 2 amide bonds. The quantitative estimate of drug-likeness (QED) is 0.365. The average molecular weight is 599 g/mol. The number of nitrogens with one attached hydrogen (secondary N) is 1. The summed E-state index contributed by atoms with van der Waals surface area (Å²) in [6.07, 6.45) is 7.30. The lowest BCUT2D eigenvalue weighted by Gasteiger charge is -2.39. The molecule has 2 aliphatic heterocycles. The fraction of sp³-hybridized carbons (Fsp3) is 0.219. The van der Waals surface area contributed by atoms with Gasteiger partial charge in [-0.3, -0.25) is 4.79 Å². The number of aliphatic imine (C=N–C) groups is 1. The maximum Gasteiger partial charge on any atom is 0.407 e. The van der Waals surface area contributed by atoms with Gasteiger partial charge in [0.25, 0.3) is 5.91 Å². The third-order valence-electron chi connectivity index (χ3n) is 7.85. The van der Waals surface area contributed by atoms with Crippen LogP contribution < -0.4 is 5.32 Å². The average Bonchev–Trinajstić information content (AvgIpc) is 3.19. The molecule has 1 saturated heterocycles. The van der Waals surface area contributed by atoms with Gasteiger partial charge < -0.3 is 20.2 Å². The zero-order valence-corrected chi connectivity index (χ0v) is 24.1. The van der Waals surface area contributed by atoms with Crippen molar-refractivity contribution in [2.75, 3.05) is 25.0 Å². The van der Waals surface area contributed by atoms with Crippen LogP contribution in [0.4, 0.5) is 20.8 Å². The Balaban J connectivity index is 1.20. The number of nitrogens with zero attached hydrogens (tertiary/aromatic N) is 5. The molecule has 1 aromatic heterocycles. The van der Waals surface area contributed by atoms with Crippen LogP contribution in [0.1, 0.15) is 40.5 Å². The molecule has 1 unspecified atom stereocenters. The van der Waals surface area contributed by atoms with E-state index in [1.807, 2.05) is 13.0 Å². The van der Waals surface area contributed by atoms with Gasteiger partial charge in [-0.05, 0) is 60.4 Å². The molecule has 0 radical (unpaired) electrons. The molecule has 2 aromatic carbocycles. The first-order valence-corrected chi connectivity index (χ1v) is 14.3. The molecule has 1 fully saturated rings. The molecule has 6 rings (SSSR count). The SMILES string of the molecule is CCC1CN(C(=O)c2ccc(Nc3ncc4c(n3)C3=CN=C(Cl)C=C(c5ccccc5F)C3=CC4)cc2)CCN1C(=O)O. The first kappa shape index (κ1) is 28.3. The van der Waals surface area contributed by atoms with Crippen molar-refractivity contribution >= 4 is 51.6 Å². The third-order valence-corrected chi connectivity index (χ3v) is 8.05. The highest BCUT2D eigenvalue weighted by Gasteiger charge is 2.32. The topological polar surface area (TPSA) is 111 Å². The second-order valence-corrected chi connectivity index (χ2v) is 10.8. The molecule has 218 valence electrons. The van der Waals surface area contributed by atoms with Crippen LogP contribution in [0.25, 0.3) is 11.1 Å². The number of hydrogen-bond acceptors (Lipinski definition) is 6. The number of fused-ring (bicyclic) bond motifs is 3. The van der Waals surface area contributed by atoms with E-state index in [9.17, 15) is 19.1 Å². The number of benzene rings is 2. The van der Waals surface area contributed by atoms with Crippen LogP contribution in [0.5, 0.6) is 0 Å². The predicted octanol–water partition coefficient (Wildman–Crippen LogP) is 6.13. The second kappa shape index (κ2) is 11.8. The number of carbonyl (C=O) groups is 2. The number of aromatic nitrogens is 2. The Morgan fingerprint density at radius 3 is 2.63 bits per heavy atom. The molecule has 0 bridgehead atoms. The number of halogens is 2. The lowest BCUT2D eigenvalue weighted by Crippen LogP contribution is -2.56. The molecular formula is C32H28ClFN6O3. The van der Waals surface area contributed by atoms with Gasteiger partial charge in [0.05, 0.1) is 11.7 Å². The van der Waals surface area contributed by atoms with E-state index in [0.717, 1.165) is 11.1 Å². The van der Waals surface area contributed by atoms with Crippen LogP contribution in [0.15, 0.2) is 83.6 Å². The zero-order chi connectivity index (χ0) is 30.1. The van der Waals surface area contributed by atoms with Crippen molar-refractivity contribution in [2.24, 2.45) is 4.99 Å². The predicted molar refractivity (Wildman–Crippen MR) is 164 cm³/mol. The summed E-state index contributed by atoms with van der Waals surface area (Å²) in [5.41, 5.74) is 5.33. The van der Waals surface area contributed by atoms with Crippen molar-refractivity contribution in [3.05, 3.63) is 107 Å². The van der Waals surface area contributed by atoms with Crippen LogP contribution in [0.2, 0.25) is 0 Å². The first-order valence-electron chi connectivity index (χ1n) is 14.0. The van der Waals surface area contributed by atoms with Crippen molar-refractivity contribution in [3.8, 4) is 0 Å². The lowest BCUT2D eigenvalue weighted by atomic mass is 9.85. The van der Waals surface area contributed by atoms with Gasteiger partial charge >= 0.3 is 6.09 Å². The van der Waals surface area contributed by atoms with E-state index in [2.05, 4.69) is 15.3 Å². The van der Waals surface area contributed by atoms with Gasteiger partial charge in [0.1, 0.15) is 11.0 Å². The molecule has 3 aliphatic rings. The van der Waals surface area contributed by atoms with Gasteiger partial charge in [-0.2, -0.15) is 0 Å². The van der Waals surface area contributed by atoms with Crippen molar-refractivity contribution < 1.29 is 19.1 Å². The van der Waals surface area contributed by atoms with E-state index >= 15 is 0 Å². The molecule has 2 N–H and O–H groups in total. The zero-order valence-electron chi connectivity index (χ0n) is 23.3. The molecule has 11 heteroatoms. The largest absolute Gasteiger partial charge is 0.465 e. The Morgan fingerprint density at radius 1 is 1.09 bits per heavy atom. The molecule has 1 aliphatic carbocycles. The van der Waals surface area contributed by atoms with Gasteiger partial charge in [-0.15, -0.1) is 0 Å². The number of allylic oxidation sites excluding steroid dienone is 5. The summed E-state index contributed by atoms with van der Waals surface area (Å²) >= 11 is 6.35. The summed E-state index contributed by atoms with van der Waals surface area (Å²) in [6, 6.07) is 13.3. The normalized spacial score (nSPS) is 17.9. The fourth-order valence-corrected chi connectivity index (χ4v) is 5.75. The maximum atomic E-state index is 14.8. The van der Waals surface area contributed by atoms with E-state index in [0.29, 0.717) is 65.5 Å². The molecule has 9 nitrogen and oxygen atoms in total.